The van der Waals surface area contributed by atoms with Gasteiger partial charge in [-0.25, -0.2) is 4.90 Å². The molecule has 4 aliphatic rings. The third-order valence-electron chi connectivity index (χ3n) is 10.8. The molecule has 1 saturated carbocycles. The summed E-state index contributed by atoms with van der Waals surface area (Å²) in [5.74, 6) is -4.81. The van der Waals surface area contributed by atoms with Crippen LogP contribution in [0.3, 0.4) is 0 Å². The maximum atomic E-state index is 15.3. The molecule has 246 valence electrons. The zero-order valence-electron chi connectivity index (χ0n) is 26.3. The molecule has 0 spiro atoms. The summed E-state index contributed by atoms with van der Waals surface area (Å²) in [6.45, 7) is 0. The zero-order chi connectivity index (χ0) is 34.2. The van der Waals surface area contributed by atoms with Crippen LogP contribution in [-0.2, 0) is 24.6 Å². The van der Waals surface area contributed by atoms with Gasteiger partial charge in [0.2, 0.25) is 23.6 Å². The van der Waals surface area contributed by atoms with E-state index >= 15 is 4.79 Å². The lowest BCUT2D eigenvalue weighted by atomic mass is 9.49. The third-order valence-corrected chi connectivity index (χ3v) is 11.6. The van der Waals surface area contributed by atoms with Gasteiger partial charge in [-0.15, -0.1) is 0 Å². The maximum Gasteiger partial charge on any atom is 0.246 e. The van der Waals surface area contributed by atoms with Crippen molar-refractivity contribution < 1.29 is 29.0 Å². The Bertz CT molecular complexity index is 2080. The Morgan fingerprint density at radius 2 is 1.57 bits per heavy atom. The molecule has 2 heterocycles. The summed E-state index contributed by atoms with van der Waals surface area (Å²) in [4.78, 5) is 61.0. The molecule has 0 aromatic heterocycles. The molecule has 2 aliphatic carbocycles. The molecule has 0 radical (unpaired) electrons. The van der Waals surface area contributed by atoms with Crippen molar-refractivity contribution in [3.8, 4) is 11.5 Å². The van der Waals surface area contributed by atoms with Gasteiger partial charge in [0, 0.05) is 15.4 Å². The number of anilines is 2. The van der Waals surface area contributed by atoms with Crippen molar-refractivity contribution in [3.05, 3.63) is 129 Å². The fraction of sp³-hybridized carbons (Fsp3) is 0.231. The number of phenolic OH excluding ortho intramolecular Hbond substituents is 1. The van der Waals surface area contributed by atoms with Crippen LogP contribution in [0.15, 0.2) is 113 Å². The van der Waals surface area contributed by atoms with Crippen LogP contribution in [0.25, 0.3) is 0 Å². The smallest absolute Gasteiger partial charge is 0.246 e. The number of carbonyl (C=O) groups excluding carboxylic acids is 4. The van der Waals surface area contributed by atoms with Crippen molar-refractivity contribution in [1.82, 2.24) is 0 Å². The quantitative estimate of drug-likeness (QED) is 0.172. The van der Waals surface area contributed by atoms with Gasteiger partial charge >= 0.3 is 0 Å². The van der Waals surface area contributed by atoms with Gasteiger partial charge in [0.1, 0.15) is 0 Å². The van der Waals surface area contributed by atoms with Gasteiger partial charge in [-0.1, -0.05) is 81.6 Å². The number of aromatic hydroxyl groups is 1. The van der Waals surface area contributed by atoms with Gasteiger partial charge in [-0.3, -0.25) is 24.1 Å². The van der Waals surface area contributed by atoms with Gasteiger partial charge in [-0.05, 0) is 84.5 Å². The average Bonchev–Trinajstić information content (AvgIpc) is 3.49. The molecule has 8 rings (SSSR count). The summed E-state index contributed by atoms with van der Waals surface area (Å²) in [5, 5.41) is 11.4. The van der Waals surface area contributed by atoms with Crippen molar-refractivity contribution in [3.63, 3.8) is 0 Å². The fourth-order valence-corrected chi connectivity index (χ4v) is 9.30. The highest BCUT2D eigenvalue weighted by Gasteiger charge is 2.70. The van der Waals surface area contributed by atoms with Gasteiger partial charge in [0.15, 0.2) is 11.5 Å². The van der Waals surface area contributed by atoms with Crippen molar-refractivity contribution in [2.75, 3.05) is 16.9 Å². The van der Waals surface area contributed by atoms with Crippen LogP contribution >= 0.6 is 27.5 Å². The number of amides is 4. The first-order valence-electron chi connectivity index (χ1n) is 16.1. The van der Waals surface area contributed by atoms with Gasteiger partial charge < -0.3 is 9.84 Å². The van der Waals surface area contributed by atoms with E-state index in [4.69, 9.17) is 16.3 Å². The molecule has 4 amide bonds. The number of imide groups is 2. The lowest BCUT2D eigenvalue weighted by Gasteiger charge is -2.50. The summed E-state index contributed by atoms with van der Waals surface area (Å²) in [7, 11) is 1.46. The van der Waals surface area contributed by atoms with Crippen LogP contribution in [0.1, 0.15) is 29.9 Å². The van der Waals surface area contributed by atoms with Gasteiger partial charge in [-0.2, -0.15) is 0 Å². The van der Waals surface area contributed by atoms with E-state index in [2.05, 4.69) is 15.9 Å². The molecule has 4 aromatic rings. The van der Waals surface area contributed by atoms with E-state index < -0.39 is 46.8 Å². The Kier molecular flexibility index (Phi) is 7.53. The Morgan fingerprint density at radius 3 is 2.27 bits per heavy atom. The van der Waals surface area contributed by atoms with E-state index in [0.717, 1.165) is 10.0 Å². The van der Waals surface area contributed by atoms with Crippen molar-refractivity contribution in [1.29, 1.82) is 0 Å². The number of nitrogens with zero attached hydrogens (tertiary/aromatic N) is 2. The number of hydrogen-bond acceptors (Lipinski definition) is 6. The molecule has 3 fully saturated rings. The Morgan fingerprint density at radius 1 is 0.816 bits per heavy atom. The van der Waals surface area contributed by atoms with E-state index in [1.165, 1.54) is 16.9 Å². The number of benzene rings is 4. The fourth-order valence-electron chi connectivity index (χ4n) is 8.85. The number of carbonyl (C=O) groups is 4. The van der Waals surface area contributed by atoms with Crippen molar-refractivity contribution in [2.24, 2.45) is 23.7 Å². The van der Waals surface area contributed by atoms with Crippen LogP contribution < -0.4 is 14.5 Å². The summed E-state index contributed by atoms with van der Waals surface area (Å²) >= 11 is 9.81. The average molecular weight is 738 g/mol. The number of ether oxygens (including phenoxy) is 1. The minimum Gasteiger partial charge on any atom is -0.504 e. The second kappa shape index (κ2) is 11.7. The number of hydrogen-bond donors (Lipinski definition) is 1. The van der Waals surface area contributed by atoms with Crippen molar-refractivity contribution in [2.45, 2.75) is 24.2 Å². The zero-order valence-corrected chi connectivity index (χ0v) is 28.6. The Balaban J connectivity index is 1.35. The van der Waals surface area contributed by atoms with E-state index in [0.29, 0.717) is 33.9 Å². The van der Waals surface area contributed by atoms with E-state index in [-0.39, 0.29) is 29.7 Å². The van der Waals surface area contributed by atoms with E-state index in [9.17, 15) is 19.5 Å². The molecular formula is C39H30BrClN2O6. The molecule has 1 N–H and O–H groups in total. The predicted molar refractivity (Wildman–Crippen MR) is 187 cm³/mol. The summed E-state index contributed by atoms with van der Waals surface area (Å²) in [6.07, 6.45) is 2.46. The second-order valence-electron chi connectivity index (χ2n) is 13.0. The summed E-state index contributed by atoms with van der Waals surface area (Å²) in [6, 6.07) is 28.0. The van der Waals surface area contributed by atoms with Crippen LogP contribution in [0.2, 0.25) is 5.02 Å². The molecule has 10 heteroatoms. The Hall–Kier alpha value is -4.73. The van der Waals surface area contributed by atoms with Crippen molar-refractivity contribution >= 4 is 62.5 Å². The van der Waals surface area contributed by atoms with E-state index in [1.807, 2.05) is 36.4 Å². The first kappa shape index (κ1) is 31.5. The molecule has 49 heavy (non-hydrogen) atoms. The second-order valence-corrected chi connectivity index (χ2v) is 14.4. The number of fused-ring (bicyclic) bond motifs is 4. The van der Waals surface area contributed by atoms with Gasteiger partial charge in [0.25, 0.3) is 0 Å². The standard InChI is InChI=1S/C39H30BrClN2O6/c1-49-32-17-10-21(18-31(32)44)34-27-15-16-28-33(37(47)42(35(28)45)25-13-11-23(40)12-14-25)29(27)20-30-36(46)43(26-9-5-8-24(41)19-26)38(48)39(30,34)22-6-3-2-4-7-22/h2-15,17-19,28-30,33-34,44H,16,20H2,1H3/t28-,29+,30-,33-,34-,39+/m0/s1. The van der Waals surface area contributed by atoms with Crippen LogP contribution in [0.4, 0.5) is 11.4 Å². The lowest BCUT2D eigenvalue weighted by molar-refractivity contribution is -0.127. The highest BCUT2D eigenvalue weighted by molar-refractivity contribution is 9.10. The molecule has 0 bridgehead atoms. The topological polar surface area (TPSA) is 104 Å². The normalized spacial score (nSPS) is 27.5. The molecule has 8 nitrogen and oxygen atoms in total. The number of allylic oxidation sites excluding steroid dienone is 2. The predicted octanol–water partition coefficient (Wildman–Crippen LogP) is 7.18. The highest BCUT2D eigenvalue weighted by Crippen LogP contribution is 2.64. The SMILES string of the molecule is COc1ccc([C@H]2C3=CC[C@@H]4C(=O)N(c5ccc(Br)cc5)C(=O)[C@@H]4[C@@H]3C[C@H]3C(=O)N(c4cccc(Cl)c4)C(=O)[C@@]23c2ccccc2)cc1O. The maximum absolute atomic E-state index is 15.3. The first-order valence-corrected chi connectivity index (χ1v) is 17.2. The third kappa shape index (κ3) is 4.55. The highest BCUT2D eigenvalue weighted by atomic mass is 79.9. The minimum absolute atomic E-state index is 0.117. The molecule has 2 aliphatic heterocycles. The Labute approximate surface area is 296 Å². The minimum atomic E-state index is -1.44. The largest absolute Gasteiger partial charge is 0.504 e. The molecule has 0 unspecified atom stereocenters. The van der Waals surface area contributed by atoms with E-state index in [1.54, 1.807) is 66.7 Å². The number of halogens is 2. The van der Waals surface area contributed by atoms with Crippen LogP contribution in [0.5, 0.6) is 11.5 Å². The van der Waals surface area contributed by atoms with Crippen LogP contribution in [-0.4, -0.2) is 35.8 Å². The number of rotatable bonds is 5. The number of phenols is 1. The number of methoxy groups -OCH3 is 1. The monoisotopic (exact) mass is 736 g/mol. The summed E-state index contributed by atoms with van der Waals surface area (Å²) < 4.78 is 6.18. The van der Waals surface area contributed by atoms with Gasteiger partial charge in [0.05, 0.1) is 41.7 Å². The summed E-state index contributed by atoms with van der Waals surface area (Å²) in [5.41, 5.74) is 1.45. The molecule has 4 aromatic carbocycles. The lowest BCUT2D eigenvalue weighted by Crippen LogP contribution is -2.53. The first-order chi connectivity index (χ1) is 23.7. The molecular weight excluding hydrogens is 708 g/mol. The van der Waals surface area contributed by atoms with Crippen LogP contribution in [0, 0.1) is 23.7 Å². The molecule has 2 saturated heterocycles. The molecule has 6 atom stereocenters.